The Bertz CT molecular complexity index is 557. The summed E-state index contributed by atoms with van der Waals surface area (Å²) >= 11 is 5.79. The fraction of sp³-hybridized carbons (Fsp3) is 0.300. The molecule has 8 heteroatoms. The maximum Gasteiger partial charge on any atom is 0.242 e. The van der Waals surface area contributed by atoms with Gasteiger partial charge < -0.3 is 10.6 Å². The Morgan fingerprint density at radius 2 is 2.06 bits per heavy atom. The number of nitrogens with one attached hydrogen (secondary N) is 1. The molecule has 0 aromatic heterocycles. The molecule has 0 saturated heterocycles. The van der Waals surface area contributed by atoms with Crippen molar-refractivity contribution in [2.24, 2.45) is 0 Å². The van der Waals surface area contributed by atoms with Gasteiger partial charge in [-0.15, -0.1) is 0 Å². The quantitative estimate of drug-likeness (QED) is 0.780. The van der Waals surface area contributed by atoms with E-state index in [1.165, 1.54) is 37.2 Å². The van der Waals surface area contributed by atoms with Crippen LogP contribution in [0.15, 0.2) is 23.1 Å². The van der Waals surface area contributed by atoms with Crippen molar-refractivity contribution in [1.82, 2.24) is 9.62 Å². The molecule has 0 saturated carbocycles. The van der Waals surface area contributed by atoms with Crippen LogP contribution >= 0.6 is 11.6 Å². The molecule has 1 amide bonds. The molecule has 1 aromatic rings. The summed E-state index contributed by atoms with van der Waals surface area (Å²) in [6.07, 6.45) is 0. The molecule has 0 aliphatic rings. The van der Waals surface area contributed by atoms with Crippen molar-refractivity contribution < 1.29 is 13.2 Å². The van der Waals surface area contributed by atoms with Crippen LogP contribution in [-0.4, -0.2) is 39.9 Å². The normalized spacial score (nSPS) is 11.3. The Hall–Kier alpha value is -1.31. The number of hydrogen-bond donors (Lipinski definition) is 2. The van der Waals surface area contributed by atoms with E-state index in [0.717, 1.165) is 0 Å². The zero-order chi connectivity index (χ0) is 13.9. The van der Waals surface area contributed by atoms with Crippen LogP contribution in [0.5, 0.6) is 0 Å². The number of carbonyl (C=O) groups is 1. The number of amides is 1. The molecular formula is C10H14ClN3O3S. The van der Waals surface area contributed by atoms with Gasteiger partial charge in [-0.25, -0.2) is 13.1 Å². The molecule has 1 aromatic carbocycles. The van der Waals surface area contributed by atoms with Crippen molar-refractivity contribution in [3.05, 3.63) is 23.2 Å². The van der Waals surface area contributed by atoms with Gasteiger partial charge in [0.2, 0.25) is 15.9 Å². The van der Waals surface area contributed by atoms with Crippen molar-refractivity contribution in [1.29, 1.82) is 0 Å². The molecule has 0 radical (unpaired) electrons. The van der Waals surface area contributed by atoms with Gasteiger partial charge in [-0.05, 0) is 18.2 Å². The second-order valence-corrected chi connectivity index (χ2v) is 5.95. The number of benzene rings is 1. The van der Waals surface area contributed by atoms with Crippen LogP contribution in [0, 0.1) is 0 Å². The molecular weight excluding hydrogens is 278 g/mol. The fourth-order valence-electron chi connectivity index (χ4n) is 1.12. The fourth-order valence-corrected chi connectivity index (χ4v) is 2.63. The summed E-state index contributed by atoms with van der Waals surface area (Å²) in [5, 5.41) is 0.0500. The van der Waals surface area contributed by atoms with Gasteiger partial charge in [-0.2, -0.15) is 0 Å². The molecule has 0 spiro atoms. The zero-order valence-corrected chi connectivity index (χ0v) is 11.5. The SMILES string of the molecule is CN(C)C(=O)CNS(=O)(=O)c1cc(N)ccc1Cl. The van der Waals surface area contributed by atoms with Crippen molar-refractivity contribution >= 4 is 33.2 Å². The van der Waals surface area contributed by atoms with Crippen molar-refractivity contribution in [2.75, 3.05) is 26.4 Å². The molecule has 3 N–H and O–H groups in total. The van der Waals surface area contributed by atoms with Gasteiger partial charge in [0.25, 0.3) is 0 Å². The van der Waals surface area contributed by atoms with E-state index in [9.17, 15) is 13.2 Å². The third-order valence-electron chi connectivity index (χ3n) is 2.16. The average Bonchev–Trinajstić information content (AvgIpc) is 2.29. The molecule has 0 unspecified atom stereocenters. The first-order valence-electron chi connectivity index (χ1n) is 4.99. The molecule has 0 fully saturated rings. The lowest BCUT2D eigenvalue weighted by Gasteiger charge is -2.12. The molecule has 0 aliphatic heterocycles. The van der Waals surface area contributed by atoms with E-state index < -0.39 is 10.0 Å². The van der Waals surface area contributed by atoms with Crippen LogP contribution in [-0.2, 0) is 14.8 Å². The first-order valence-corrected chi connectivity index (χ1v) is 6.85. The third kappa shape index (κ3) is 3.59. The highest BCUT2D eigenvalue weighted by Crippen LogP contribution is 2.23. The summed E-state index contributed by atoms with van der Waals surface area (Å²) in [6.45, 7) is -0.333. The summed E-state index contributed by atoms with van der Waals surface area (Å²) in [7, 11) is -0.788. The average molecular weight is 292 g/mol. The van der Waals surface area contributed by atoms with Crippen LogP contribution in [0.2, 0.25) is 5.02 Å². The predicted molar refractivity (Wildman–Crippen MR) is 69.7 cm³/mol. The summed E-state index contributed by atoms with van der Waals surface area (Å²) in [5.74, 6) is -0.362. The number of nitrogens with two attached hydrogens (primary N) is 1. The third-order valence-corrected chi connectivity index (χ3v) is 4.04. The van der Waals surface area contributed by atoms with E-state index in [1.807, 2.05) is 0 Å². The Kier molecular flexibility index (Phi) is 4.55. The number of likely N-dealkylation sites (N-methyl/N-ethyl adjacent to an activating group) is 1. The number of rotatable bonds is 4. The summed E-state index contributed by atoms with van der Waals surface area (Å²) in [6, 6.07) is 4.12. The van der Waals surface area contributed by atoms with Crippen LogP contribution in [0.1, 0.15) is 0 Å². The Morgan fingerprint density at radius 1 is 1.44 bits per heavy atom. The van der Waals surface area contributed by atoms with Gasteiger partial charge in [0.15, 0.2) is 0 Å². The monoisotopic (exact) mass is 291 g/mol. The Balaban J connectivity index is 2.93. The zero-order valence-electron chi connectivity index (χ0n) is 9.97. The number of sulfonamides is 1. The number of anilines is 1. The number of nitrogens with zero attached hydrogens (tertiary/aromatic N) is 1. The second-order valence-electron chi connectivity index (χ2n) is 3.80. The van der Waals surface area contributed by atoms with Crippen molar-refractivity contribution in [3.63, 3.8) is 0 Å². The summed E-state index contributed by atoms with van der Waals surface area (Å²) in [5.41, 5.74) is 5.78. The molecule has 18 heavy (non-hydrogen) atoms. The Morgan fingerprint density at radius 3 is 2.61 bits per heavy atom. The molecule has 1 rings (SSSR count). The maximum absolute atomic E-state index is 11.9. The molecule has 0 bridgehead atoms. The number of carbonyl (C=O) groups excluding carboxylic acids is 1. The van der Waals surface area contributed by atoms with Gasteiger partial charge in [-0.1, -0.05) is 11.6 Å². The van der Waals surface area contributed by atoms with Crippen LogP contribution < -0.4 is 10.5 Å². The molecule has 6 nitrogen and oxygen atoms in total. The van der Waals surface area contributed by atoms with Gasteiger partial charge in [0, 0.05) is 19.8 Å². The number of hydrogen-bond acceptors (Lipinski definition) is 4. The van der Waals surface area contributed by atoms with Crippen molar-refractivity contribution in [3.8, 4) is 0 Å². The largest absolute Gasteiger partial charge is 0.399 e. The van der Waals surface area contributed by atoms with E-state index in [1.54, 1.807) is 0 Å². The first-order chi connectivity index (χ1) is 8.24. The summed E-state index contributed by atoms with van der Waals surface area (Å²) < 4.78 is 26.0. The predicted octanol–water partition coefficient (Wildman–Crippen LogP) is 0.289. The highest BCUT2D eigenvalue weighted by atomic mass is 35.5. The van der Waals surface area contributed by atoms with Gasteiger partial charge in [0.05, 0.1) is 11.6 Å². The lowest BCUT2D eigenvalue weighted by Crippen LogP contribution is -2.36. The van der Waals surface area contributed by atoms with Gasteiger partial charge in [0.1, 0.15) is 4.90 Å². The highest BCUT2D eigenvalue weighted by Gasteiger charge is 2.19. The van der Waals surface area contributed by atoms with Crippen molar-refractivity contribution in [2.45, 2.75) is 4.90 Å². The minimum Gasteiger partial charge on any atom is -0.399 e. The van der Waals surface area contributed by atoms with Crippen LogP contribution in [0.4, 0.5) is 5.69 Å². The minimum absolute atomic E-state index is 0.0500. The Labute approximate surface area is 111 Å². The van der Waals surface area contributed by atoms with E-state index in [4.69, 9.17) is 17.3 Å². The molecule has 0 aliphatic carbocycles. The van der Waals surface area contributed by atoms with E-state index in [0.29, 0.717) is 0 Å². The number of halogens is 1. The van der Waals surface area contributed by atoms with Gasteiger partial charge in [-0.3, -0.25) is 4.79 Å². The first kappa shape index (κ1) is 14.7. The molecule has 100 valence electrons. The lowest BCUT2D eigenvalue weighted by atomic mass is 10.3. The van der Waals surface area contributed by atoms with E-state index >= 15 is 0 Å². The minimum atomic E-state index is -3.85. The number of nitrogen functional groups attached to an aromatic ring is 1. The summed E-state index contributed by atoms with van der Waals surface area (Å²) in [4.78, 5) is 12.5. The molecule has 0 heterocycles. The van der Waals surface area contributed by atoms with Crippen LogP contribution in [0.3, 0.4) is 0 Å². The maximum atomic E-state index is 11.9. The lowest BCUT2D eigenvalue weighted by molar-refractivity contribution is -0.127. The smallest absolute Gasteiger partial charge is 0.242 e. The van der Waals surface area contributed by atoms with E-state index in [2.05, 4.69) is 4.72 Å². The van der Waals surface area contributed by atoms with E-state index in [-0.39, 0.29) is 28.1 Å². The van der Waals surface area contributed by atoms with Crippen LogP contribution in [0.25, 0.3) is 0 Å². The molecule has 0 atom stereocenters. The second kappa shape index (κ2) is 5.55. The topological polar surface area (TPSA) is 92.5 Å². The van der Waals surface area contributed by atoms with Gasteiger partial charge >= 0.3 is 0 Å². The standard InChI is InChI=1S/C10H14ClN3O3S/c1-14(2)10(15)6-13-18(16,17)9-5-7(12)3-4-8(9)11/h3-5,13H,6,12H2,1-2H3. The highest BCUT2D eigenvalue weighted by molar-refractivity contribution is 7.89.